The van der Waals surface area contributed by atoms with Gasteiger partial charge in [-0.05, 0) is 92.0 Å². The van der Waals surface area contributed by atoms with E-state index in [2.05, 4.69) is 31.4 Å². The van der Waals surface area contributed by atoms with E-state index >= 15 is 0 Å². The molecule has 0 aliphatic heterocycles. The maximum absolute atomic E-state index is 5.59. The van der Waals surface area contributed by atoms with Crippen LogP contribution in [-0.4, -0.2) is 27.3 Å². The van der Waals surface area contributed by atoms with E-state index in [1.807, 2.05) is 0 Å². The van der Waals surface area contributed by atoms with Crippen molar-refractivity contribution in [1.82, 2.24) is 5.32 Å². The molecule has 2 saturated carbocycles. The van der Waals surface area contributed by atoms with Gasteiger partial charge >= 0.3 is 0 Å². The van der Waals surface area contributed by atoms with Crippen molar-refractivity contribution in [3.05, 3.63) is 23.3 Å². The van der Waals surface area contributed by atoms with Crippen molar-refractivity contribution in [2.24, 2.45) is 17.3 Å². The lowest BCUT2D eigenvalue weighted by molar-refractivity contribution is 0.0429. The van der Waals surface area contributed by atoms with Crippen LogP contribution in [0.25, 0.3) is 0 Å². The first-order valence-electron chi connectivity index (χ1n) is 9.54. The molecule has 132 valence electrons. The number of hydrogen-bond donors (Lipinski definition) is 1. The van der Waals surface area contributed by atoms with Crippen LogP contribution >= 0.6 is 0 Å². The van der Waals surface area contributed by atoms with Gasteiger partial charge in [-0.2, -0.15) is 0 Å². The van der Waals surface area contributed by atoms with Crippen molar-refractivity contribution >= 4 is 0 Å². The highest BCUT2D eigenvalue weighted by molar-refractivity contribution is 5.50. The normalized spacial score (nSPS) is 37.3. The van der Waals surface area contributed by atoms with Crippen LogP contribution in [-0.2, 0) is 6.42 Å². The Kier molecular flexibility index (Phi) is 4.03. The molecule has 3 nitrogen and oxygen atoms in total. The number of rotatable bonds is 3. The molecular weight excluding hydrogens is 298 g/mol. The van der Waals surface area contributed by atoms with Crippen LogP contribution < -0.4 is 14.8 Å². The third kappa shape index (κ3) is 2.20. The summed E-state index contributed by atoms with van der Waals surface area (Å²) < 4.78 is 11.1. The highest BCUT2D eigenvalue weighted by atomic mass is 16.5. The minimum atomic E-state index is 0.490. The molecule has 1 aromatic carbocycles. The Hall–Kier alpha value is -1.22. The average molecular weight is 329 g/mol. The van der Waals surface area contributed by atoms with Gasteiger partial charge in [0.15, 0.2) is 11.5 Å². The third-order valence-corrected chi connectivity index (χ3v) is 7.58. The van der Waals surface area contributed by atoms with Gasteiger partial charge in [0, 0.05) is 6.04 Å². The van der Waals surface area contributed by atoms with Crippen molar-refractivity contribution < 1.29 is 9.47 Å². The van der Waals surface area contributed by atoms with Gasteiger partial charge in [0.05, 0.1) is 14.2 Å². The molecule has 5 atom stereocenters. The molecule has 1 aromatic rings. The molecule has 0 spiro atoms. The van der Waals surface area contributed by atoms with Gasteiger partial charge in [-0.25, -0.2) is 0 Å². The van der Waals surface area contributed by atoms with Gasteiger partial charge in [-0.1, -0.05) is 6.92 Å². The molecule has 4 rings (SSSR count). The molecular formula is C21H31NO2. The third-order valence-electron chi connectivity index (χ3n) is 7.58. The summed E-state index contributed by atoms with van der Waals surface area (Å²) in [6.07, 6.45) is 7.93. The van der Waals surface area contributed by atoms with Crippen molar-refractivity contribution in [3.63, 3.8) is 0 Å². The summed E-state index contributed by atoms with van der Waals surface area (Å²) in [7, 11) is 5.63. The van der Waals surface area contributed by atoms with Gasteiger partial charge in [-0.3, -0.25) is 0 Å². The molecule has 0 aromatic heterocycles. The van der Waals surface area contributed by atoms with Crippen LogP contribution in [0.5, 0.6) is 11.5 Å². The highest BCUT2D eigenvalue weighted by Crippen LogP contribution is 2.61. The molecule has 1 N–H and O–H groups in total. The Balaban J connectivity index is 1.69. The van der Waals surface area contributed by atoms with E-state index in [9.17, 15) is 0 Å². The average Bonchev–Trinajstić information content (AvgIpc) is 2.96. The van der Waals surface area contributed by atoms with Crippen molar-refractivity contribution in [3.8, 4) is 11.5 Å². The Morgan fingerprint density at radius 3 is 2.50 bits per heavy atom. The van der Waals surface area contributed by atoms with Gasteiger partial charge < -0.3 is 14.8 Å². The summed E-state index contributed by atoms with van der Waals surface area (Å²) in [6.45, 7) is 2.55. The van der Waals surface area contributed by atoms with Crippen LogP contribution in [0.3, 0.4) is 0 Å². The Labute approximate surface area is 146 Å². The summed E-state index contributed by atoms with van der Waals surface area (Å²) in [6, 6.07) is 5.21. The molecule has 0 amide bonds. The molecule has 3 aliphatic rings. The number of hydrogen-bond acceptors (Lipinski definition) is 3. The maximum atomic E-state index is 5.59. The van der Waals surface area contributed by atoms with Crippen LogP contribution in [0.1, 0.15) is 56.1 Å². The minimum Gasteiger partial charge on any atom is -0.493 e. The summed E-state index contributed by atoms with van der Waals surface area (Å²) in [5.41, 5.74) is 3.52. The fourth-order valence-electron chi connectivity index (χ4n) is 6.37. The zero-order chi connectivity index (χ0) is 16.9. The smallest absolute Gasteiger partial charge is 0.161 e. The van der Waals surface area contributed by atoms with Crippen LogP contribution in [0.4, 0.5) is 0 Å². The van der Waals surface area contributed by atoms with E-state index in [1.54, 1.807) is 19.8 Å². The maximum Gasteiger partial charge on any atom is 0.161 e. The molecule has 0 saturated heterocycles. The number of ether oxygens (including phenoxy) is 2. The van der Waals surface area contributed by atoms with E-state index < -0.39 is 0 Å². The standard InChI is InChI=1S/C21H31NO2/c1-21-10-9-14-15(17(21)7-8-20(21)22-2)6-5-13-11-18(23-3)19(24-4)12-16(13)14/h11-12,14-15,17,20,22H,5-10H2,1-4H3/t14?,15?,17?,20?,21-/m0/s1. The first-order chi connectivity index (χ1) is 11.6. The Morgan fingerprint density at radius 2 is 1.79 bits per heavy atom. The summed E-state index contributed by atoms with van der Waals surface area (Å²) in [5.74, 6) is 4.20. The highest BCUT2D eigenvalue weighted by Gasteiger charge is 2.54. The second-order valence-electron chi connectivity index (χ2n) is 8.28. The Bertz CT molecular complexity index is 629. The molecule has 24 heavy (non-hydrogen) atoms. The predicted octanol–water partition coefficient (Wildman–Crippen LogP) is 4.15. The summed E-state index contributed by atoms with van der Waals surface area (Å²) in [4.78, 5) is 0. The largest absolute Gasteiger partial charge is 0.493 e. The molecule has 2 fully saturated rings. The van der Waals surface area contributed by atoms with Gasteiger partial charge in [0.25, 0.3) is 0 Å². The van der Waals surface area contributed by atoms with Crippen LogP contribution in [0.15, 0.2) is 12.1 Å². The lowest BCUT2D eigenvalue weighted by atomic mass is 9.55. The van der Waals surface area contributed by atoms with E-state index in [0.717, 1.165) is 23.3 Å². The van der Waals surface area contributed by atoms with Crippen molar-refractivity contribution in [2.75, 3.05) is 21.3 Å². The molecule has 0 bridgehead atoms. The molecule has 4 unspecified atom stereocenters. The van der Waals surface area contributed by atoms with Crippen LogP contribution in [0.2, 0.25) is 0 Å². The van der Waals surface area contributed by atoms with E-state index in [1.165, 1.54) is 44.1 Å². The van der Waals surface area contributed by atoms with Crippen LogP contribution in [0, 0.1) is 17.3 Å². The number of benzene rings is 1. The van der Waals surface area contributed by atoms with Gasteiger partial charge in [0.2, 0.25) is 0 Å². The summed E-state index contributed by atoms with van der Waals surface area (Å²) in [5, 5.41) is 3.62. The quantitative estimate of drug-likeness (QED) is 0.904. The molecule has 0 radical (unpaired) electrons. The van der Waals surface area contributed by atoms with Crippen molar-refractivity contribution in [1.29, 1.82) is 0 Å². The predicted molar refractivity (Wildman–Crippen MR) is 97.0 cm³/mol. The first-order valence-corrected chi connectivity index (χ1v) is 9.54. The van der Waals surface area contributed by atoms with E-state index in [-0.39, 0.29) is 0 Å². The summed E-state index contributed by atoms with van der Waals surface area (Å²) >= 11 is 0. The van der Waals surface area contributed by atoms with E-state index in [0.29, 0.717) is 17.4 Å². The van der Waals surface area contributed by atoms with Gasteiger partial charge in [-0.15, -0.1) is 0 Å². The van der Waals surface area contributed by atoms with E-state index in [4.69, 9.17) is 9.47 Å². The minimum absolute atomic E-state index is 0.490. The fourth-order valence-corrected chi connectivity index (χ4v) is 6.37. The first kappa shape index (κ1) is 16.3. The Morgan fingerprint density at radius 1 is 1.04 bits per heavy atom. The number of aryl methyl sites for hydroxylation is 1. The molecule has 3 aliphatic carbocycles. The monoisotopic (exact) mass is 329 g/mol. The number of nitrogens with one attached hydrogen (secondary N) is 1. The zero-order valence-corrected chi connectivity index (χ0v) is 15.5. The second-order valence-corrected chi connectivity index (χ2v) is 8.28. The lowest BCUT2D eigenvalue weighted by Gasteiger charge is -2.51. The van der Waals surface area contributed by atoms with Gasteiger partial charge in [0.1, 0.15) is 0 Å². The number of fused-ring (bicyclic) bond motifs is 5. The fraction of sp³-hybridized carbons (Fsp3) is 0.714. The SMILES string of the molecule is CNC1CCC2C3CCc4cc(OC)c(OC)cc4C3CC[C@]12C. The lowest BCUT2D eigenvalue weighted by Crippen LogP contribution is -2.47. The molecule has 0 heterocycles. The van der Waals surface area contributed by atoms with Crippen molar-refractivity contribution in [2.45, 2.75) is 57.4 Å². The zero-order valence-electron chi connectivity index (χ0n) is 15.5. The number of methoxy groups -OCH3 is 2. The topological polar surface area (TPSA) is 30.5 Å². The second kappa shape index (κ2) is 5.94. The molecule has 3 heteroatoms.